The number of carbonyl (C=O) groups is 1. The van der Waals surface area contributed by atoms with E-state index in [1.54, 1.807) is 12.1 Å². The van der Waals surface area contributed by atoms with Crippen LogP contribution in [0.1, 0.15) is 36.8 Å². The number of aliphatic imine (C=N–C) groups is 1. The molecule has 4 nitrogen and oxygen atoms in total. The Kier molecular flexibility index (Phi) is 4.81. The molecule has 1 aliphatic rings. The number of thioether (sulfide) groups is 1. The molecule has 1 amide bonds. The summed E-state index contributed by atoms with van der Waals surface area (Å²) < 4.78 is 15.2. The Morgan fingerprint density at radius 3 is 2.52 bits per heavy atom. The van der Waals surface area contributed by atoms with Crippen LogP contribution >= 0.6 is 11.8 Å². The maximum Gasteiger partial charge on any atom is 0.264 e. The van der Waals surface area contributed by atoms with Crippen molar-refractivity contribution in [3.05, 3.63) is 58.0 Å². The molecule has 0 radical (unpaired) electrons. The molecule has 0 unspecified atom stereocenters. The molecule has 2 aromatic rings. The van der Waals surface area contributed by atoms with Gasteiger partial charge < -0.3 is 9.88 Å². The van der Waals surface area contributed by atoms with Gasteiger partial charge in [-0.2, -0.15) is 0 Å². The number of nitrogens with one attached hydrogen (secondary N) is 1. The van der Waals surface area contributed by atoms with Gasteiger partial charge in [0.2, 0.25) is 0 Å². The van der Waals surface area contributed by atoms with E-state index in [2.05, 4.69) is 48.6 Å². The molecule has 1 fully saturated rings. The second kappa shape index (κ2) is 6.88. The molecule has 3 rings (SSSR count). The lowest BCUT2D eigenvalue weighted by atomic mass is 10.2. The Morgan fingerprint density at radius 2 is 1.92 bits per heavy atom. The van der Waals surface area contributed by atoms with Gasteiger partial charge in [0.05, 0.1) is 10.6 Å². The third-order valence-corrected chi connectivity index (χ3v) is 4.94. The molecule has 0 saturated carbocycles. The number of halogens is 1. The molecule has 0 bridgehead atoms. The summed E-state index contributed by atoms with van der Waals surface area (Å²) in [6.07, 6.45) is 1.90. The van der Waals surface area contributed by atoms with Crippen LogP contribution in [-0.4, -0.2) is 15.6 Å². The fourth-order valence-electron chi connectivity index (χ4n) is 3.00. The molecular formula is C19H20FN3OS. The van der Waals surface area contributed by atoms with Crippen LogP contribution in [-0.2, 0) is 4.79 Å². The van der Waals surface area contributed by atoms with E-state index >= 15 is 0 Å². The number of benzene rings is 1. The van der Waals surface area contributed by atoms with Crippen molar-refractivity contribution in [1.82, 2.24) is 9.88 Å². The first kappa shape index (κ1) is 17.5. The molecule has 0 atom stereocenters. The molecule has 1 N–H and O–H groups in total. The van der Waals surface area contributed by atoms with Crippen LogP contribution in [0.5, 0.6) is 0 Å². The molecular weight excluding hydrogens is 337 g/mol. The predicted octanol–water partition coefficient (Wildman–Crippen LogP) is 4.72. The van der Waals surface area contributed by atoms with Crippen LogP contribution in [0, 0.1) is 19.7 Å². The predicted molar refractivity (Wildman–Crippen MR) is 101 cm³/mol. The van der Waals surface area contributed by atoms with Gasteiger partial charge in [-0.25, -0.2) is 9.38 Å². The topological polar surface area (TPSA) is 46.4 Å². The summed E-state index contributed by atoms with van der Waals surface area (Å²) >= 11 is 1.29. The number of hydrogen-bond donors (Lipinski definition) is 1. The fraction of sp³-hybridized carbons (Fsp3) is 0.263. The third-order valence-electron chi connectivity index (χ3n) is 4.03. The van der Waals surface area contributed by atoms with Gasteiger partial charge in [-0.1, -0.05) is 0 Å². The normalized spacial score (nSPS) is 17.8. The van der Waals surface area contributed by atoms with Gasteiger partial charge in [0, 0.05) is 17.4 Å². The highest BCUT2D eigenvalue weighted by atomic mass is 32.2. The molecule has 6 heteroatoms. The first-order valence-electron chi connectivity index (χ1n) is 8.08. The van der Waals surface area contributed by atoms with Crippen LogP contribution in [0.4, 0.5) is 10.1 Å². The van der Waals surface area contributed by atoms with Crippen molar-refractivity contribution in [2.75, 3.05) is 0 Å². The van der Waals surface area contributed by atoms with E-state index in [1.807, 2.05) is 6.08 Å². The lowest BCUT2D eigenvalue weighted by Crippen LogP contribution is -2.19. The van der Waals surface area contributed by atoms with Crippen molar-refractivity contribution >= 4 is 34.6 Å². The van der Waals surface area contributed by atoms with Crippen molar-refractivity contribution in [1.29, 1.82) is 0 Å². The molecule has 1 aromatic heterocycles. The summed E-state index contributed by atoms with van der Waals surface area (Å²) in [7, 11) is 0. The van der Waals surface area contributed by atoms with Gasteiger partial charge >= 0.3 is 0 Å². The average molecular weight is 357 g/mol. The largest absolute Gasteiger partial charge is 0.346 e. The summed E-state index contributed by atoms with van der Waals surface area (Å²) in [6, 6.07) is 8.30. The SMILES string of the molecule is Cc1cc(/C=C2/SC(=Nc3ccc(F)cc3)NC2=O)c(C)n1C(C)C. The Labute approximate surface area is 150 Å². The number of hydrogen-bond acceptors (Lipinski definition) is 3. The quantitative estimate of drug-likeness (QED) is 0.808. The highest BCUT2D eigenvalue weighted by Gasteiger charge is 2.24. The summed E-state index contributed by atoms with van der Waals surface area (Å²) in [6.45, 7) is 8.41. The van der Waals surface area contributed by atoms with Crippen molar-refractivity contribution in [3.63, 3.8) is 0 Å². The fourth-order valence-corrected chi connectivity index (χ4v) is 3.83. The minimum Gasteiger partial charge on any atom is -0.346 e. The number of nitrogens with zero attached hydrogens (tertiary/aromatic N) is 2. The highest BCUT2D eigenvalue weighted by Crippen LogP contribution is 2.30. The standard InChI is InChI=1S/C19H20FN3OS/c1-11(2)23-12(3)9-14(13(23)4)10-17-18(24)22-19(25-17)21-16-7-5-15(20)6-8-16/h5-11H,1-4H3,(H,21,22,24)/b17-10+. The lowest BCUT2D eigenvalue weighted by Gasteiger charge is -2.13. The smallest absolute Gasteiger partial charge is 0.264 e. The summed E-state index contributed by atoms with van der Waals surface area (Å²) in [5.41, 5.74) is 3.94. The van der Waals surface area contributed by atoms with Crippen LogP contribution in [0.25, 0.3) is 6.08 Å². The lowest BCUT2D eigenvalue weighted by molar-refractivity contribution is -0.115. The summed E-state index contributed by atoms with van der Waals surface area (Å²) in [4.78, 5) is 17.2. The number of aromatic nitrogens is 1. The molecule has 2 heterocycles. The Morgan fingerprint density at radius 1 is 1.24 bits per heavy atom. The van der Waals surface area contributed by atoms with Gasteiger partial charge in [-0.3, -0.25) is 4.79 Å². The molecule has 25 heavy (non-hydrogen) atoms. The van der Waals surface area contributed by atoms with Crippen LogP contribution in [0.3, 0.4) is 0 Å². The molecule has 1 aliphatic heterocycles. The van der Waals surface area contributed by atoms with E-state index in [0.29, 0.717) is 21.8 Å². The van der Waals surface area contributed by atoms with E-state index < -0.39 is 0 Å². The van der Waals surface area contributed by atoms with Crippen molar-refractivity contribution < 1.29 is 9.18 Å². The second-order valence-electron chi connectivity index (χ2n) is 6.25. The van der Waals surface area contributed by atoms with E-state index in [1.165, 1.54) is 29.6 Å². The summed E-state index contributed by atoms with van der Waals surface area (Å²) in [5.74, 6) is -0.478. The van der Waals surface area contributed by atoms with Gasteiger partial charge in [0.15, 0.2) is 5.17 Å². The zero-order valence-corrected chi connectivity index (χ0v) is 15.4. The van der Waals surface area contributed by atoms with E-state index in [9.17, 15) is 9.18 Å². The van der Waals surface area contributed by atoms with Gasteiger partial charge in [0.25, 0.3) is 5.91 Å². The van der Waals surface area contributed by atoms with Crippen molar-refractivity contribution in [2.45, 2.75) is 33.7 Å². The third kappa shape index (κ3) is 3.69. The highest BCUT2D eigenvalue weighted by molar-refractivity contribution is 8.18. The number of amides is 1. The van der Waals surface area contributed by atoms with E-state index in [-0.39, 0.29) is 11.7 Å². The number of rotatable bonds is 3. The van der Waals surface area contributed by atoms with Crippen LogP contribution in [0.15, 0.2) is 40.2 Å². The van der Waals surface area contributed by atoms with E-state index in [0.717, 1.165) is 11.3 Å². The monoisotopic (exact) mass is 357 g/mol. The average Bonchev–Trinajstić information content (AvgIpc) is 3.02. The maximum absolute atomic E-state index is 13.0. The summed E-state index contributed by atoms with van der Waals surface area (Å²) in [5, 5.41) is 3.26. The molecule has 0 aliphatic carbocycles. The van der Waals surface area contributed by atoms with Gasteiger partial charge in [-0.15, -0.1) is 0 Å². The van der Waals surface area contributed by atoms with Crippen molar-refractivity contribution in [3.8, 4) is 0 Å². The number of aryl methyl sites for hydroxylation is 1. The number of amidine groups is 1. The van der Waals surface area contributed by atoms with Gasteiger partial charge in [-0.05, 0) is 81.4 Å². The first-order chi connectivity index (χ1) is 11.8. The minimum absolute atomic E-state index is 0.166. The Bertz CT molecular complexity index is 879. The second-order valence-corrected chi connectivity index (χ2v) is 7.28. The molecule has 0 spiro atoms. The Hall–Kier alpha value is -2.34. The molecule has 130 valence electrons. The van der Waals surface area contributed by atoms with E-state index in [4.69, 9.17) is 0 Å². The number of carbonyl (C=O) groups excluding carboxylic acids is 1. The van der Waals surface area contributed by atoms with Gasteiger partial charge in [0.1, 0.15) is 5.82 Å². The molecule has 1 saturated heterocycles. The Balaban J connectivity index is 1.87. The van der Waals surface area contributed by atoms with Crippen LogP contribution in [0.2, 0.25) is 0 Å². The van der Waals surface area contributed by atoms with Crippen molar-refractivity contribution in [2.24, 2.45) is 4.99 Å². The molecule has 1 aromatic carbocycles. The zero-order chi connectivity index (χ0) is 18.1. The zero-order valence-electron chi connectivity index (χ0n) is 14.6. The maximum atomic E-state index is 13.0. The van der Waals surface area contributed by atoms with Crippen LogP contribution < -0.4 is 5.32 Å². The minimum atomic E-state index is -0.312. The first-order valence-corrected chi connectivity index (χ1v) is 8.90.